The molecule has 1 saturated heterocycles. The van der Waals surface area contributed by atoms with Gasteiger partial charge in [-0.3, -0.25) is 9.69 Å². The lowest BCUT2D eigenvalue weighted by Crippen LogP contribution is -2.42. The summed E-state index contributed by atoms with van der Waals surface area (Å²) in [5.74, 6) is -0.447. The first-order chi connectivity index (χ1) is 11.5. The van der Waals surface area contributed by atoms with E-state index in [-0.39, 0.29) is 5.91 Å². The van der Waals surface area contributed by atoms with Crippen LogP contribution >= 0.6 is 11.3 Å². The van der Waals surface area contributed by atoms with Crippen molar-refractivity contribution in [1.29, 1.82) is 0 Å². The van der Waals surface area contributed by atoms with Crippen LogP contribution in [0.1, 0.15) is 60.3 Å². The largest absolute Gasteiger partial charge is 0.478 e. The molecule has 1 fully saturated rings. The Bertz CT molecular complexity index is 640. The molecule has 2 heterocycles. The standard InChI is InChI=1S/C18H26N2O3S/c1-11-6-7-13-14(9-11)24-17(16(13)18(22)23)19-15(21)10-20-8-4-3-5-12(20)2/h11-12H,3-10H2,1-2H3,(H,19,21)(H,22,23). The molecule has 2 unspecified atom stereocenters. The Labute approximate surface area is 147 Å². The first kappa shape index (κ1) is 17.4. The predicted molar refractivity (Wildman–Crippen MR) is 96.0 cm³/mol. The predicted octanol–water partition coefficient (Wildman–Crippen LogP) is 3.38. The molecule has 0 bridgehead atoms. The van der Waals surface area contributed by atoms with Gasteiger partial charge in [0.2, 0.25) is 5.91 Å². The molecule has 0 saturated carbocycles. The second kappa shape index (κ2) is 7.23. The van der Waals surface area contributed by atoms with Crippen molar-refractivity contribution in [3.8, 4) is 0 Å². The minimum absolute atomic E-state index is 0.0992. The molecule has 1 aromatic rings. The summed E-state index contributed by atoms with van der Waals surface area (Å²) in [6.45, 7) is 5.64. The highest BCUT2D eigenvalue weighted by Crippen LogP contribution is 2.39. The molecule has 0 radical (unpaired) electrons. The smallest absolute Gasteiger partial charge is 0.339 e. The van der Waals surface area contributed by atoms with E-state index in [0.29, 0.717) is 29.1 Å². The zero-order valence-corrected chi connectivity index (χ0v) is 15.2. The number of likely N-dealkylation sites (tertiary alicyclic amines) is 1. The van der Waals surface area contributed by atoms with E-state index >= 15 is 0 Å². The van der Waals surface area contributed by atoms with Crippen LogP contribution in [-0.2, 0) is 17.6 Å². The number of carbonyl (C=O) groups excluding carboxylic acids is 1. The highest BCUT2D eigenvalue weighted by molar-refractivity contribution is 7.17. The summed E-state index contributed by atoms with van der Waals surface area (Å²) in [6, 6.07) is 0.417. The topological polar surface area (TPSA) is 69.6 Å². The van der Waals surface area contributed by atoms with E-state index in [1.807, 2.05) is 0 Å². The molecular formula is C18H26N2O3S. The molecule has 0 aromatic carbocycles. The van der Waals surface area contributed by atoms with E-state index in [1.165, 1.54) is 17.8 Å². The van der Waals surface area contributed by atoms with Crippen molar-refractivity contribution in [1.82, 2.24) is 4.90 Å². The van der Waals surface area contributed by atoms with Crippen molar-refractivity contribution in [3.63, 3.8) is 0 Å². The molecule has 3 rings (SSSR count). The van der Waals surface area contributed by atoms with Gasteiger partial charge in [-0.25, -0.2) is 4.79 Å². The molecule has 2 aliphatic rings. The number of carboxylic acid groups (broad SMARTS) is 1. The molecule has 6 heteroatoms. The molecule has 1 aromatic heterocycles. The van der Waals surface area contributed by atoms with Gasteiger partial charge in [-0.1, -0.05) is 13.3 Å². The summed E-state index contributed by atoms with van der Waals surface area (Å²) < 4.78 is 0. The molecule has 0 spiro atoms. The number of aromatic carboxylic acids is 1. The Balaban J connectivity index is 1.74. The van der Waals surface area contributed by atoms with Gasteiger partial charge in [0.1, 0.15) is 5.00 Å². The zero-order valence-electron chi connectivity index (χ0n) is 14.4. The number of thiophene rings is 1. The number of nitrogens with zero attached hydrogens (tertiary/aromatic N) is 1. The Hall–Kier alpha value is -1.40. The van der Waals surface area contributed by atoms with Crippen LogP contribution in [0.3, 0.4) is 0 Å². The van der Waals surface area contributed by atoms with Crippen molar-refractivity contribution in [2.75, 3.05) is 18.4 Å². The van der Waals surface area contributed by atoms with Gasteiger partial charge in [0.15, 0.2) is 0 Å². The van der Waals surface area contributed by atoms with Gasteiger partial charge in [-0.2, -0.15) is 0 Å². The third-order valence-electron chi connectivity index (χ3n) is 5.27. The maximum absolute atomic E-state index is 12.4. The van der Waals surface area contributed by atoms with Crippen molar-refractivity contribution in [3.05, 3.63) is 16.0 Å². The summed E-state index contributed by atoms with van der Waals surface area (Å²) in [4.78, 5) is 27.5. The monoisotopic (exact) mass is 350 g/mol. The maximum Gasteiger partial charge on any atom is 0.339 e. The lowest BCUT2D eigenvalue weighted by Gasteiger charge is -2.32. The van der Waals surface area contributed by atoms with Gasteiger partial charge in [0.25, 0.3) is 0 Å². The molecule has 132 valence electrons. The number of piperidine rings is 1. The fraction of sp³-hybridized carbons (Fsp3) is 0.667. The van der Waals surface area contributed by atoms with Crippen molar-refractivity contribution >= 4 is 28.2 Å². The number of fused-ring (bicyclic) bond motifs is 1. The Morgan fingerprint density at radius 3 is 2.79 bits per heavy atom. The SMILES string of the molecule is CC1CCc2c(sc(NC(=O)CN3CCCCC3C)c2C(=O)O)C1. The first-order valence-electron chi connectivity index (χ1n) is 8.87. The van der Waals surface area contributed by atoms with Gasteiger partial charge in [-0.05, 0) is 57.1 Å². The Morgan fingerprint density at radius 1 is 1.29 bits per heavy atom. The minimum atomic E-state index is -0.927. The maximum atomic E-state index is 12.4. The number of carboxylic acids is 1. The number of nitrogens with one attached hydrogen (secondary N) is 1. The molecule has 1 aliphatic carbocycles. The van der Waals surface area contributed by atoms with E-state index < -0.39 is 5.97 Å². The average molecular weight is 350 g/mol. The van der Waals surface area contributed by atoms with Crippen LogP contribution in [0.25, 0.3) is 0 Å². The fourth-order valence-electron chi connectivity index (χ4n) is 3.81. The van der Waals surface area contributed by atoms with Crippen molar-refractivity contribution in [2.45, 2.75) is 58.4 Å². The van der Waals surface area contributed by atoms with Crippen LogP contribution in [0.15, 0.2) is 0 Å². The molecule has 2 N–H and O–H groups in total. The third-order valence-corrected chi connectivity index (χ3v) is 6.44. The summed E-state index contributed by atoms with van der Waals surface area (Å²) >= 11 is 1.45. The number of amides is 1. The quantitative estimate of drug-likeness (QED) is 0.873. The molecule has 24 heavy (non-hydrogen) atoms. The van der Waals surface area contributed by atoms with Gasteiger partial charge >= 0.3 is 5.97 Å². The molecule has 5 nitrogen and oxygen atoms in total. The van der Waals surface area contributed by atoms with E-state index in [9.17, 15) is 14.7 Å². The minimum Gasteiger partial charge on any atom is -0.478 e. The van der Waals surface area contributed by atoms with Crippen LogP contribution in [0.2, 0.25) is 0 Å². The number of hydrogen-bond donors (Lipinski definition) is 2. The second-order valence-electron chi connectivity index (χ2n) is 7.22. The van der Waals surface area contributed by atoms with Crippen LogP contribution in [0.5, 0.6) is 0 Å². The second-order valence-corrected chi connectivity index (χ2v) is 8.33. The summed E-state index contributed by atoms with van der Waals surface area (Å²) in [5, 5.41) is 13.0. The zero-order chi connectivity index (χ0) is 17.3. The first-order valence-corrected chi connectivity index (χ1v) is 9.69. The van der Waals surface area contributed by atoms with E-state index in [1.54, 1.807) is 0 Å². The molecule has 1 aliphatic heterocycles. The van der Waals surface area contributed by atoms with Gasteiger partial charge in [0, 0.05) is 10.9 Å². The summed E-state index contributed by atoms with van der Waals surface area (Å²) in [6.07, 6.45) is 6.20. The Kier molecular flexibility index (Phi) is 5.25. The van der Waals surface area contributed by atoms with Gasteiger partial charge in [-0.15, -0.1) is 11.3 Å². The summed E-state index contributed by atoms with van der Waals surface area (Å²) in [7, 11) is 0. The van der Waals surface area contributed by atoms with Crippen LogP contribution in [0.4, 0.5) is 5.00 Å². The Morgan fingerprint density at radius 2 is 2.08 bits per heavy atom. The highest BCUT2D eigenvalue weighted by Gasteiger charge is 2.29. The van der Waals surface area contributed by atoms with E-state index in [4.69, 9.17) is 0 Å². The van der Waals surface area contributed by atoms with Crippen LogP contribution in [0, 0.1) is 5.92 Å². The van der Waals surface area contributed by atoms with E-state index in [0.717, 1.165) is 49.1 Å². The van der Waals surface area contributed by atoms with Crippen LogP contribution in [-0.4, -0.2) is 41.0 Å². The van der Waals surface area contributed by atoms with Crippen molar-refractivity contribution < 1.29 is 14.7 Å². The highest BCUT2D eigenvalue weighted by atomic mass is 32.1. The lowest BCUT2D eigenvalue weighted by atomic mass is 9.88. The van der Waals surface area contributed by atoms with Crippen molar-refractivity contribution in [2.24, 2.45) is 5.92 Å². The molecule has 2 atom stereocenters. The molecular weight excluding hydrogens is 324 g/mol. The third kappa shape index (κ3) is 3.64. The number of anilines is 1. The number of rotatable bonds is 4. The fourth-order valence-corrected chi connectivity index (χ4v) is 5.23. The summed E-state index contributed by atoms with van der Waals surface area (Å²) in [5.41, 5.74) is 1.26. The van der Waals surface area contributed by atoms with Gasteiger partial charge in [0.05, 0.1) is 12.1 Å². The molecule has 1 amide bonds. The van der Waals surface area contributed by atoms with Gasteiger partial charge < -0.3 is 10.4 Å². The number of carbonyl (C=O) groups is 2. The number of hydrogen-bond acceptors (Lipinski definition) is 4. The average Bonchev–Trinajstić information content (AvgIpc) is 2.86. The lowest BCUT2D eigenvalue weighted by molar-refractivity contribution is -0.118. The van der Waals surface area contributed by atoms with Crippen LogP contribution < -0.4 is 5.32 Å². The van der Waals surface area contributed by atoms with E-state index in [2.05, 4.69) is 24.1 Å². The normalized spacial score (nSPS) is 24.4.